The first kappa shape index (κ1) is 9.10. The van der Waals surface area contributed by atoms with Crippen molar-refractivity contribution in [1.82, 2.24) is 14.9 Å². The molecule has 3 N–H and O–H groups in total. The Bertz CT molecular complexity index is 596. The molecule has 1 aliphatic heterocycles. The molecule has 0 aliphatic carbocycles. The van der Waals surface area contributed by atoms with Crippen LogP contribution in [-0.2, 0) is 0 Å². The molecule has 0 bridgehead atoms. The summed E-state index contributed by atoms with van der Waals surface area (Å²) in [7, 11) is 0. The molecular formula is C9H8N6S. The smallest absolute Gasteiger partial charge is 0.263 e. The summed E-state index contributed by atoms with van der Waals surface area (Å²) in [5.41, 5.74) is 6.85. The second-order valence-electron chi connectivity index (χ2n) is 3.24. The van der Waals surface area contributed by atoms with Crippen molar-refractivity contribution >= 4 is 24.0 Å². The number of aromatic amines is 1. The molecule has 0 amide bonds. The van der Waals surface area contributed by atoms with E-state index < -0.39 is 0 Å². The van der Waals surface area contributed by atoms with Crippen LogP contribution in [0.2, 0.25) is 0 Å². The van der Waals surface area contributed by atoms with Crippen LogP contribution in [0.5, 0.6) is 0 Å². The Labute approximate surface area is 96.0 Å². The fraction of sp³-hybridized carbons (Fsp3) is 0. The summed E-state index contributed by atoms with van der Waals surface area (Å²) in [6.07, 6.45) is 0. The maximum atomic E-state index is 5.06. The van der Waals surface area contributed by atoms with E-state index in [4.69, 9.17) is 12.2 Å². The van der Waals surface area contributed by atoms with Gasteiger partial charge in [0.1, 0.15) is 0 Å². The zero-order chi connectivity index (χ0) is 11.0. The van der Waals surface area contributed by atoms with Crippen molar-refractivity contribution in [2.45, 2.75) is 0 Å². The SMILES string of the molecule is S=c1[nH]nc2n1NC(c1ccccc1)=NN2. The molecule has 1 aromatic carbocycles. The maximum Gasteiger partial charge on any atom is 0.263 e. The molecule has 1 aromatic heterocycles. The van der Waals surface area contributed by atoms with Gasteiger partial charge in [-0.1, -0.05) is 30.3 Å². The number of aromatic nitrogens is 3. The van der Waals surface area contributed by atoms with Gasteiger partial charge in [-0.3, -0.25) is 5.43 Å². The molecule has 0 radical (unpaired) electrons. The van der Waals surface area contributed by atoms with Crippen LogP contribution in [0, 0.1) is 4.77 Å². The molecule has 0 saturated heterocycles. The number of anilines is 1. The standard InChI is InChI=1S/C9H8N6S/c16-9-13-12-8-11-10-7(14-15(8)9)6-4-2-1-3-5-6/h1-5H,(H,10,14)(H,11,12)(H,13,16). The van der Waals surface area contributed by atoms with Gasteiger partial charge in [0.15, 0.2) is 5.84 Å². The Morgan fingerprint density at radius 2 is 2.00 bits per heavy atom. The molecule has 16 heavy (non-hydrogen) atoms. The van der Waals surface area contributed by atoms with Crippen molar-refractivity contribution in [2.75, 3.05) is 10.9 Å². The number of hydrazone groups is 1. The highest BCUT2D eigenvalue weighted by Gasteiger charge is 2.14. The molecule has 0 atom stereocenters. The van der Waals surface area contributed by atoms with Gasteiger partial charge >= 0.3 is 0 Å². The zero-order valence-electron chi connectivity index (χ0n) is 8.14. The van der Waals surface area contributed by atoms with Gasteiger partial charge < -0.3 is 0 Å². The van der Waals surface area contributed by atoms with Crippen molar-refractivity contribution in [3.05, 3.63) is 40.7 Å². The number of nitrogens with zero attached hydrogens (tertiary/aromatic N) is 3. The van der Waals surface area contributed by atoms with Crippen LogP contribution in [0.3, 0.4) is 0 Å². The van der Waals surface area contributed by atoms with Crippen molar-refractivity contribution in [2.24, 2.45) is 5.10 Å². The normalized spacial score (nSPS) is 13.4. The van der Waals surface area contributed by atoms with Gasteiger partial charge in [-0.25, -0.2) is 10.5 Å². The summed E-state index contributed by atoms with van der Waals surface area (Å²) >= 11 is 5.06. The predicted molar refractivity (Wildman–Crippen MR) is 63.4 cm³/mol. The van der Waals surface area contributed by atoms with Crippen molar-refractivity contribution in [3.63, 3.8) is 0 Å². The van der Waals surface area contributed by atoms with Crippen LogP contribution in [0.1, 0.15) is 5.56 Å². The second-order valence-corrected chi connectivity index (χ2v) is 3.62. The highest BCUT2D eigenvalue weighted by atomic mass is 32.1. The van der Waals surface area contributed by atoms with Crippen molar-refractivity contribution in [1.29, 1.82) is 0 Å². The topological polar surface area (TPSA) is 70.0 Å². The van der Waals surface area contributed by atoms with Gasteiger partial charge in [-0.05, 0) is 12.2 Å². The number of H-pyrrole nitrogens is 1. The summed E-state index contributed by atoms with van der Waals surface area (Å²) in [5, 5.41) is 10.8. The van der Waals surface area contributed by atoms with Crippen LogP contribution in [0.25, 0.3) is 0 Å². The molecular weight excluding hydrogens is 224 g/mol. The Morgan fingerprint density at radius 1 is 1.19 bits per heavy atom. The Kier molecular flexibility index (Phi) is 1.97. The minimum atomic E-state index is 0.492. The molecule has 3 rings (SSSR count). The molecule has 7 heteroatoms. The minimum absolute atomic E-state index is 0.492. The van der Waals surface area contributed by atoms with Crippen LogP contribution in [0.4, 0.5) is 5.95 Å². The average molecular weight is 232 g/mol. The lowest BCUT2D eigenvalue weighted by atomic mass is 10.2. The third-order valence-corrected chi connectivity index (χ3v) is 2.48. The van der Waals surface area contributed by atoms with Crippen LogP contribution in [0.15, 0.2) is 35.4 Å². The molecule has 6 nitrogen and oxygen atoms in total. The first-order valence-corrected chi connectivity index (χ1v) is 5.09. The lowest BCUT2D eigenvalue weighted by molar-refractivity contribution is 0.920. The summed E-state index contributed by atoms with van der Waals surface area (Å²) in [6, 6.07) is 9.77. The van der Waals surface area contributed by atoms with Crippen LogP contribution < -0.4 is 10.9 Å². The average Bonchev–Trinajstić information content (AvgIpc) is 2.72. The van der Waals surface area contributed by atoms with E-state index in [2.05, 4.69) is 26.2 Å². The van der Waals surface area contributed by atoms with Gasteiger partial charge in [0, 0.05) is 5.56 Å². The van der Waals surface area contributed by atoms with E-state index in [9.17, 15) is 0 Å². The highest BCUT2D eigenvalue weighted by molar-refractivity contribution is 7.71. The van der Waals surface area contributed by atoms with E-state index in [1.165, 1.54) is 0 Å². The number of benzene rings is 1. The van der Waals surface area contributed by atoms with Gasteiger partial charge in [0.25, 0.3) is 5.95 Å². The largest absolute Gasteiger partial charge is 0.270 e. The monoisotopic (exact) mass is 232 g/mol. The van der Waals surface area contributed by atoms with Crippen molar-refractivity contribution < 1.29 is 0 Å². The molecule has 80 valence electrons. The summed E-state index contributed by atoms with van der Waals surface area (Å²) in [5.74, 6) is 1.25. The Morgan fingerprint density at radius 3 is 2.81 bits per heavy atom. The summed E-state index contributed by atoms with van der Waals surface area (Å²) in [4.78, 5) is 0. The number of amidine groups is 1. The van der Waals surface area contributed by atoms with E-state index in [-0.39, 0.29) is 0 Å². The third-order valence-electron chi connectivity index (χ3n) is 2.20. The summed E-state index contributed by atoms with van der Waals surface area (Å²) < 4.78 is 2.12. The van der Waals surface area contributed by atoms with E-state index in [1.54, 1.807) is 4.68 Å². The molecule has 0 spiro atoms. The Hall–Kier alpha value is -2.15. The van der Waals surface area contributed by atoms with Gasteiger partial charge in [-0.15, -0.1) is 5.10 Å². The second kappa shape index (κ2) is 3.46. The Balaban J connectivity index is 2.00. The number of rotatable bonds is 1. The van der Waals surface area contributed by atoms with Gasteiger partial charge in [0.05, 0.1) is 0 Å². The molecule has 0 fully saturated rings. The fourth-order valence-electron chi connectivity index (χ4n) is 1.44. The predicted octanol–water partition coefficient (Wildman–Crippen LogP) is 1.27. The first-order valence-electron chi connectivity index (χ1n) is 4.68. The van der Waals surface area contributed by atoms with E-state index in [0.717, 1.165) is 5.56 Å². The van der Waals surface area contributed by atoms with E-state index in [1.807, 2.05) is 30.3 Å². The lowest BCUT2D eigenvalue weighted by Gasteiger charge is -2.16. The van der Waals surface area contributed by atoms with Crippen LogP contribution >= 0.6 is 12.2 Å². The minimum Gasteiger partial charge on any atom is -0.270 e. The maximum absolute atomic E-state index is 5.06. The van der Waals surface area contributed by atoms with E-state index in [0.29, 0.717) is 16.6 Å². The lowest BCUT2D eigenvalue weighted by Crippen LogP contribution is -2.30. The van der Waals surface area contributed by atoms with Gasteiger partial charge in [0.2, 0.25) is 4.77 Å². The van der Waals surface area contributed by atoms with Gasteiger partial charge in [-0.2, -0.15) is 9.78 Å². The first-order chi connectivity index (χ1) is 7.84. The highest BCUT2D eigenvalue weighted by Crippen LogP contribution is 2.09. The number of nitrogens with one attached hydrogen (secondary N) is 3. The zero-order valence-corrected chi connectivity index (χ0v) is 8.95. The number of fused-ring (bicyclic) bond motifs is 1. The van der Waals surface area contributed by atoms with Crippen LogP contribution in [-0.4, -0.2) is 20.7 Å². The quantitative estimate of drug-likeness (QED) is 0.648. The molecule has 0 saturated carbocycles. The van der Waals surface area contributed by atoms with Crippen molar-refractivity contribution in [3.8, 4) is 0 Å². The molecule has 2 heterocycles. The van der Waals surface area contributed by atoms with E-state index >= 15 is 0 Å². The molecule has 1 aliphatic rings. The molecule has 0 unspecified atom stereocenters. The third kappa shape index (κ3) is 1.38. The summed E-state index contributed by atoms with van der Waals surface area (Å²) in [6.45, 7) is 0. The number of hydrogen-bond donors (Lipinski definition) is 3. The fourth-order valence-corrected chi connectivity index (χ4v) is 1.62. The molecule has 2 aromatic rings. The number of hydrogen-bond acceptors (Lipinski definition) is 5.